The van der Waals surface area contributed by atoms with E-state index in [-0.39, 0.29) is 42.2 Å². The molecule has 11 heteroatoms. The van der Waals surface area contributed by atoms with E-state index in [0.717, 1.165) is 12.2 Å². The molecular weight excluding hydrogens is 476 g/mol. The summed E-state index contributed by atoms with van der Waals surface area (Å²) in [5.41, 5.74) is 7.23. The summed E-state index contributed by atoms with van der Waals surface area (Å²) in [6.07, 6.45) is 1.20. The van der Waals surface area contributed by atoms with Crippen molar-refractivity contribution in [3.63, 3.8) is 0 Å². The number of anilines is 1. The molecular formula is C24H25F2N5O3S. The zero-order chi connectivity index (χ0) is 24.7. The molecule has 0 bridgehead atoms. The van der Waals surface area contributed by atoms with Crippen LogP contribution < -0.4 is 21.1 Å². The minimum Gasteiger partial charge on any atom is -0.491 e. The number of pyridine rings is 1. The van der Waals surface area contributed by atoms with Crippen molar-refractivity contribution in [3.8, 4) is 5.75 Å². The Hall–Kier alpha value is -3.15. The fourth-order valence-electron chi connectivity index (χ4n) is 4.21. The number of nitrogens with two attached hydrogens (primary N) is 1. The summed E-state index contributed by atoms with van der Waals surface area (Å²) in [5.74, 6) is -2.30. The van der Waals surface area contributed by atoms with Crippen molar-refractivity contribution in [2.24, 2.45) is 4.99 Å². The zero-order valence-corrected chi connectivity index (χ0v) is 20.0. The molecule has 0 spiro atoms. The number of aromatic nitrogens is 1. The van der Waals surface area contributed by atoms with Crippen molar-refractivity contribution >= 4 is 45.0 Å². The number of aryl methyl sites for hydroxylation is 1. The van der Waals surface area contributed by atoms with Crippen molar-refractivity contribution in [1.29, 1.82) is 0 Å². The Morgan fingerprint density at radius 2 is 2.17 bits per heavy atom. The number of hydrogen-bond donors (Lipinski definition) is 3. The molecule has 2 unspecified atom stereocenters. The lowest BCUT2D eigenvalue weighted by molar-refractivity contribution is 0.0112. The molecule has 2 aliphatic rings. The van der Waals surface area contributed by atoms with Gasteiger partial charge in [0.2, 0.25) is 0 Å². The number of aliphatic imine (C=N–C) groups is 1. The lowest BCUT2D eigenvalue weighted by Gasteiger charge is -2.27. The van der Waals surface area contributed by atoms with Crippen LogP contribution in [0.3, 0.4) is 0 Å². The van der Waals surface area contributed by atoms with Crippen LogP contribution in [0.15, 0.2) is 23.2 Å². The summed E-state index contributed by atoms with van der Waals surface area (Å²) in [4.78, 5) is 22.4. The number of nitrogens with zero attached hydrogens (tertiary/aromatic N) is 2. The van der Waals surface area contributed by atoms with Crippen molar-refractivity contribution in [2.45, 2.75) is 38.5 Å². The molecule has 2 aromatic heterocycles. The number of benzene rings is 1. The van der Waals surface area contributed by atoms with E-state index in [4.69, 9.17) is 15.2 Å². The lowest BCUT2D eigenvalue weighted by Crippen LogP contribution is -2.44. The lowest BCUT2D eigenvalue weighted by atomic mass is 10.0. The first-order chi connectivity index (χ1) is 16.8. The highest BCUT2D eigenvalue weighted by Crippen LogP contribution is 2.36. The number of carbonyl (C=O) groups excluding carboxylic acids is 1. The molecule has 0 saturated carbocycles. The SMILES string of the molecule is Cc1ccc2c(N)c(C(=O)N[C@H]3COc4cc(N=CC5CNCC(C)O5)c(F)c(F)c4C3)sc2n1. The van der Waals surface area contributed by atoms with Crippen LogP contribution in [0.2, 0.25) is 0 Å². The second kappa shape index (κ2) is 9.48. The van der Waals surface area contributed by atoms with Crippen molar-refractivity contribution in [3.05, 3.63) is 46.0 Å². The highest BCUT2D eigenvalue weighted by atomic mass is 32.1. The predicted molar refractivity (Wildman–Crippen MR) is 131 cm³/mol. The van der Waals surface area contributed by atoms with Gasteiger partial charge in [-0.25, -0.2) is 13.8 Å². The van der Waals surface area contributed by atoms with Crippen LogP contribution >= 0.6 is 11.3 Å². The standard InChI is InChI=1S/C24H25F2N5O3S/c1-11-3-4-15-21(27)22(35-24(15)30-11)23(32)31-13-5-16-18(33-10-13)6-17(20(26)19(16)25)29-9-14-8-28-7-12(2)34-14/h3-4,6,9,12-14,28H,5,7-8,10,27H2,1-2H3,(H,31,32)/t12?,13-,14?/m1/s1. The van der Waals surface area contributed by atoms with Crippen LogP contribution in [-0.2, 0) is 11.2 Å². The molecule has 0 aliphatic carbocycles. The molecule has 0 radical (unpaired) electrons. The number of nitrogens with one attached hydrogen (secondary N) is 2. The van der Waals surface area contributed by atoms with Crippen LogP contribution in [0.4, 0.5) is 20.2 Å². The number of morpholine rings is 1. The van der Waals surface area contributed by atoms with E-state index in [2.05, 4.69) is 20.6 Å². The second-order valence-corrected chi connectivity index (χ2v) is 9.76. The Kier molecular flexibility index (Phi) is 6.39. The first-order valence-electron chi connectivity index (χ1n) is 11.3. The minimum absolute atomic E-state index is 0.00378. The summed E-state index contributed by atoms with van der Waals surface area (Å²) in [7, 11) is 0. The monoisotopic (exact) mass is 501 g/mol. The Bertz CT molecular complexity index is 1330. The van der Waals surface area contributed by atoms with E-state index in [1.165, 1.54) is 23.6 Å². The van der Waals surface area contributed by atoms with Gasteiger partial charge in [-0.05, 0) is 26.0 Å². The molecule has 1 saturated heterocycles. The molecule has 1 aromatic carbocycles. The molecule has 35 heavy (non-hydrogen) atoms. The fourth-order valence-corrected chi connectivity index (χ4v) is 5.26. The molecule has 3 atom stereocenters. The topological polar surface area (TPSA) is 111 Å². The number of nitrogen functional groups attached to an aromatic ring is 1. The number of hydrogen-bond acceptors (Lipinski definition) is 8. The molecule has 1 fully saturated rings. The molecule has 4 heterocycles. The fraction of sp³-hybridized carbons (Fsp3) is 0.375. The van der Waals surface area contributed by atoms with Gasteiger partial charge in [0, 0.05) is 48.4 Å². The average Bonchev–Trinajstić information content (AvgIpc) is 3.16. The molecule has 8 nitrogen and oxygen atoms in total. The smallest absolute Gasteiger partial charge is 0.263 e. The largest absolute Gasteiger partial charge is 0.491 e. The first-order valence-corrected chi connectivity index (χ1v) is 12.1. The Balaban J connectivity index is 1.31. The second-order valence-electron chi connectivity index (χ2n) is 8.76. The van der Waals surface area contributed by atoms with Gasteiger partial charge in [-0.15, -0.1) is 11.3 Å². The van der Waals surface area contributed by atoms with E-state index in [1.807, 2.05) is 26.0 Å². The van der Waals surface area contributed by atoms with Gasteiger partial charge >= 0.3 is 0 Å². The van der Waals surface area contributed by atoms with E-state index in [9.17, 15) is 13.6 Å². The number of fused-ring (bicyclic) bond motifs is 2. The minimum atomic E-state index is -1.07. The first kappa shape index (κ1) is 23.6. The van der Waals surface area contributed by atoms with Gasteiger partial charge in [-0.1, -0.05) is 0 Å². The molecule has 1 amide bonds. The van der Waals surface area contributed by atoms with Crippen LogP contribution in [-0.4, -0.2) is 55.1 Å². The summed E-state index contributed by atoms with van der Waals surface area (Å²) >= 11 is 1.19. The van der Waals surface area contributed by atoms with Gasteiger partial charge in [0.1, 0.15) is 33.9 Å². The number of halogens is 2. The van der Waals surface area contributed by atoms with Crippen molar-refractivity contribution in [2.75, 3.05) is 25.4 Å². The van der Waals surface area contributed by atoms with E-state index in [1.54, 1.807) is 0 Å². The number of carbonyl (C=O) groups is 1. The molecule has 2 aliphatic heterocycles. The van der Waals surface area contributed by atoms with Crippen LogP contribution in [0.5, 0.6) is 5.75 Å². The number of thiophene rings is 1. The summed E-state index contributed by atoms with van der Waals surface area (Å²) in [5, 5.41) is 6.72. The molecule has 184 valence electrons. The predicted octanol–water partition coefficient (Wildman–Crippen LogP) is 3.28. The van der Waals surface area contributed by atoms with Crippen LogP contribution in [0.25, 0.3) is 10.2 Å². The van der Waals surface area contributed by atoms with Crippen molar-refractivity contribution < 1.29 is 23.0 Å². The maximum absolute atomic E-state index is 14.9. The third kappa shape index (κ3) is 4.71. The summed E-state index contributed by atoms with van der Waals surface area (Å²) in [6.45, 7) is 5.15. The number of rotatable bonds is 4. The quantitative estimate of drug-likeness (QED) is 0.474. The average molecular weight is 502 g/mol. The van der Waals surface area contributed by atoms with Gasteiger partial charge in [0.05, 0.1) is 17.8 Å². The Morgan fingerprint density at radius 1 is 1.34 bits per heavy atom. The summed E-state index contributed by atoms with van der Waals surface area (Å²) < 4.78 is 41.1. The molecule has 4 N–H and O–H groups in total. The maximum Gasteiger partial charge on any atom is 0.263 e. The Labute approximate surface area is 204 Å². The van der Waals surface area contributed by atoms with Gasteiger partial charge in [-0.2, -0.15) is 0 Å². The number of ether oxygens (including phenoxy) is 2. The van der Waals surface area contributed by atoms with Gasteiger partial charge in [0.15, 0.2) is 11.6 Å². The maximum atomic E-state index is 14.9. The van der Waals surface area contributed by atoms with Gasteiger partial charge in [0.25, 0.3) is 5.91 Å². The normalized spacial score (nSPS) is 22.2. The summed E-state index contributed by atoms with van der Waals surface area (Å²) in [6, 6.07) is 4.48. The Morgan fingerprint density at radius 3 is 2.97 bits per heavy atom. The molecule has 5 rings (SSSR count). The van der Waals surface area contributed by atoms with E-state index >= 15 is 0 Å². The highest BCUT2D eigenvalue weighted by Gasteiger charge is 2.29. The molecule has 3 aromatic rings. The highest BCUT2D eigenvalue weighted by molar-refractivity contribution is 7.21. The van der Waals surface area contributed by atoms with Crippen LogP contribution in [0, 0.1) is 18.6 Å². The number of amides is 1. The third-order valence-electron chi connectivity index (χ3n) is 5.98. The van der Waals surface area contributed by atoms with Crippen molar-refractivity contribution in [1.82, 2.24) is 15.6 Å². The zero-order valence-electron chi connectivity index (χ0n) is 19.2. The van der Waals surface area contributed by atoms with E-state index in [0.29, 0.717) is 27.3 Å². The van der Waals surface area contributed by atoms with Gasteiger partial charge in [-0.3, -0.25) is 9.79 Å². The third-order valence-corrected chi connectivity index (χ3v) is 7.09. The van der Waals surface area contributed by atoms with Crippen LogP contribution in [0.1, 0.15) is 27.9 Å². The van der Waals surface area contributed by atoms with E-state index < -0.39 is 23.6 Å². The van der Waals surface area contributed by atoms with Gasteiger partial charge < -0.3 is 25.8 Å².